The summed E-state index contributed by atoms with van der Waals surface area (Å²) in [5.41, 5.74) is 0.216. The molecule has 1 aliphatic heterocycles. The number of ether oxygens (including phenoxy) is 1. The van der Waals surface area contributed by atoms with Crippen LogP contribution in [-0.4, -0.2) is 51.7 Å². The lowest BCUT2D eigenvalue weighted by Gasteiger charge is -2.11. The second-order valence-electron chi connectivity index (χ2n) is 7.14. The molecule has 33 heavy (non-hydrogen) atoms. The minimum Gasteiger partial charge on any atom is -0.459 e. The lowest BCUT2D eigenvalue weighted by molar-refractivity contribution is -0.146. The molecule has 0 spiro atoms. The van der Waals surface area contributed by atoms with E-state index < -0.39 is 41.0 Å². The number of aliphatic imine (C=N–C) groups is 1. The highest BCUT2D eigenvalue weighted by Crippen LogP contribution is 2.16. The minimum absolute atomic E-state index is 0.0371. The molecule has 3 rings (SSSR count). The van der Waals surface area contributed by atoms with Crippen LogP contribution in [0.4, 0.5) is 5.69 Å². The fraction of sp³-hybridized carbons (Fsp3) is 0.333. The van der Waals surface area contributed by atoms with Gasteiger partial charge in [-0.25, -0.2) is 8.42 Å². The van der Waals surface area contributed by atoms with Crippen LogP contribution in [-0.2, 0) is 24.3 Å². The molecule has 176 valence electrons. The smallest absolute Gasteiger partial charge is 0.325 e. The number of rotatable bonds is 8. The van der Waals surface area contributed by atoms with Crippen molar-refractivity contribution in [1.29, 1.82) is 0 Å². The molecule has 12 heteroatoms. The van der Waals surface area contributed by atoms with Crippen molar-refractivity contribution in [2.45, 2.75) is 30.6 Å². The van der Waals surface area contributed by atoms with E-state index in [1.165, 1.54) is 42.7 Å². The molecule has 2 aromatic rings. The molecule has 2 heterocycles. The number of amidine groups is 1. The molecular formula is C21H24N4O7S. The van der Waals surface area contributed by atoms with Crippen molar-refractivity contribution in [2.75, 3.05) is 25.0 Å². The first kappa shape index (κ1) is 24.0. The summed E-state index contributed by atoms with van der Waals surface area (Å²) in [6, 6.07) is 8.64. The molecule has 2 amide bonds. The maximum absolute atomic E-state index is 12.7. The van der Waals surface area contributed by atoms with E-state index in [1.807, 2.05) is 0 Å². The average Bonchev–Trinajstić information content (AvgIpc) is 3.22. The third-order valence-corrected chi connectivity index (χ3v) is 5.94. The molecule has 0 atom stereocenters. The Labute approximate surface area is 190 Å². The van der Waals surface area contributed by atoms with Crippen molar-refractivity contribution in [3.8, 4) is 0 Å². The van der Waals surface area contributed by atoms with Crippen LogP contribution < -0.4 is 15.4 Å². The Morgan fingerprint density at radius 3 is 2.73 bits per heavy atom. The normalized spacial score (nSPS) is 13.9. The second-order valence-corrected chi connectivity index (χ2v) is 8.82. The van der Waals surface area contributed by atoms with Gasteiger partial charge in [-0.05, 0) is 43.2 Å². The van der Waals surface area contributed by atoms with Crippen molar-refractivity contribution in [3.63, 3.8) is 0 Å². The topological polar surface area (TPSA) is 156 Å². The fourth-order valence-corrected chi connectivity index (χ4v) is 4.09. The molecule has 0 radical (unpaired) electrons. The van der Waals surface area contributed by atoms with Crippen molar-refractivity contribution in [1.82, 2.24) is 10.0 Å². The Morgan fingerprint density at radius 1 is 1.09 bits per heavy atom. The molecule has 0 aliphatic carbocycles. The predicted molar refractivity (Wildman–Crippen MR) is 118 cm³/mol. The number of hydrogen-bond acceptors (Lipinski definition) is 8. The van der Waals surface area contributed by atoms with Gasteiger partial charge in [0, 0.05) is 18.7 Å². The summed E-state index contributed by atoms with van der Waals surface area (Å²) < 4.78 is 37.5. The van der Waals surface area contributed by atoms with Gasteiger partial charge in [0.1, 0.15) is 12.4 Å². The van der Waals surface area contributed by atoms with E-state index in [0.717, 1.165) is 19.3 Å². The SMILES string of the molecule is O=C(COC(=O)CNC(=O)c1ccco1)Nc1cccc(S(=O)(=O)NC2=NCCCCC2)c1. The highest BCUT2D eigenvalue weighted by atomic mass is 32.2. The molecule has 1 aliphatic rings. The molecule has 0 saturated carbocycles. The quantitative estimate of drug-likeness (QED) is 0.487. The third-order valence-electron chi connectivity index (χ3n) is 4.56. The number of esters is 1. The summed E-state index contributed by atoms with van der Waals surface area (Å²) in [5.74, 6) is -1.63. The summed E-state index contributed by atoms with van der Waals surface area (Å²) in [5, 5.41) is 4.77. The van der Waals surface area contributed by atoms with Gasteiger partial charge in [-0.1, -0.05) is 12.5 Å². The zero-order valence-electron chi connectivity index (χ0n) is 17.7. The van der Waals surface area contributed by atoms with Gasteiger partial charge in [-0.15, -0.1) is 0 Å². The second kappa shape index (κ2) is 11.3. The first-order valence-electron chi connectivity index (χ1n) is 10.3. The Hall–Kier alpha value is -3.67. The molecule has 3 N–H and O–H groups in total. The van der Waals surface area contributed by atoms with Gasteiger partial charge >= 0.3 is 5.97 Å². The number of nitrogens with zero attached hydrogens (tertiary/aromatic N) is 1. The number of carbonyl (C=O) groups is 3. The van der Waals surface area contributed by atoms with Gasteiger partial charge in [0.05, 0.1) is 11.2 Å². The number of amides is 2. The van der Waals surface area contributed by atoms with Crippen molar-refractivity contribution >= 4 is 39.3 Å². The third kappa shape index (κ3) is 7.45. The number of benzene rings is 1. The van der Waals surface area contributed by atoms with Crippen LogP contribution in [0.15, 0.2) is 57.0 Å². The van der Waals surface area contributed by atoms with Crippen LogP contribution in [0.5, 0.6) is 0 Å². The van der Waals surface area contributed by atoms with Crippen LogP contribution in [0.1, 0.15) is 36.2 Å². The molecule has 0 bridgehead atoms. The summed E-state index contributed by atoms with van der Waals surface area (Å²) in [6.07, 6.45) is 4.66. The Bertz CT molecular complexity index is 1130. The molecule has 0 unspecified atom stereocenters. The van der Waals surface area contributed by atoms with Crippen molar-refractivity contribution < 1.29 is 32.0 Å². The summed E-state index contributed by atoms with van der Waals surface area (Å²) in [6.45, 7) is -0.475. The average molecular weight is 477 g/mol. The highest BCUT2D eigenvalue weighted by molar-refractivity contribution is 7.90. The van der Waals surface area contributed by atoms with Crippen LogP contribution in [0.2, 0.25) is 0 Å². The largest absolute Gasteiger partial charge is 0.459 e. The lowest BCUT2D eigenvalue weighted by Crippen LogP contribution is -2.32. The van der Waals surface area contributed by atoms with Crippen LogP contribution in [0.25, 0.3) is 0 Å². The van der Waals surface area contributed by atoms with Gasteiger partial charge in [0.15, 0.2) is 12.4 Å². The molecule has 1 aromatic carbocycles. The van der Waals surface area contributed by atoms with Crippen LogP contribution in [0.3, 0.4) is 0 Å². The van der Waals surface area contributed by atoms with Gasteiger partial charge in [-0.3, -0.25) is 24.1 Å². The van der Waals surface area contributed by atoms with Gasteiger partial charge in [0.2, 0.25) is 0 Å². The molecule has 11 nitrogen and oxygen atoms in total. The van der Waals surface area contributed by atoms with E-state index in [-0.39, 0.29) is 16.3 Å². The van der Waals surface area contributed by atoms with E-state index in [0.29, 0.717) is 18.8 Å². The molecule has 0 fully saturated rings. The summed E-state index contributed by atoms with van der Waals surface area (Å²) in [7, 11) is -3.86. The van der Waals surface area contributed by atoms with E-state index >= 15 is 0 Å². The molecule has 1 aromatic heterocycles. The lowest BCUT2D eigenvalue weighted by atomic mass is 10.2. The molecular weight excluding hydrogens is 452 g/mol. The Morgan fingerprint density at radius 2 is 1.94 bits per heavy atom. The first-order valence-corrected chi connectivity index (χ1v) is 11.8. The fourth-order valence-electron chi connectivity index (χ4n) is 2.95. The van der Waals surface area contributed by atoms with Crippen LogP contribution in [0, 0.1) is 0 Å². The number of carbonyl (C=O) groups excluding carboxylic acids is 3. The van der Waals surface area contributed by atoms with E-state index in [1.54, 1.807) is 0 Å². The number of sulfonamides is 1. The van der Waals surface area contributed by atoms with Crippen molar-refractivity contribution in [3.05, 3.63) is 48.4 Å². The first-order chi connectivity index (χ1) is 15.8. The number of anilines is 1. The van der Waals surface area contributed by atoms with E-state index in [4.69, 9.17) is 9.15 Å². The Balaban J connectivity index is 1.48. The Kier molecular flexibility index (Phi) is 8.19. The summed E-state index contributed by atoms with van der Waals surface area (Å²) >= 11 is 0. The highest BCUT2D eigenvalue weighted by Gasteiger charge is 2.18. The van der Waals surface area contributed by atoms with Crippen molar-refractivity contribution in [2.24, 2.45) is 4.99 Å². The van der Waals surface area contributed by atoms with E-state index in [2.05, 4.69) is 20.3 Å². The standard InChI is InChI=1S/C21H24N4O7S/c26-19(14-32-20(27)13-23-21(28)17-8-5-11-31-17)24-15-6-4-7-16(12-15)33(29,30)25-18-9-2-1-3-10-22-18/h4-8,11-12H,1-3,9-10,13-14H2,(H,22,25)(H,23,28)(H,24,26). The monoisotopic (exact) mass is 476 g/mol. The number of hydrogen-bond donors (Lipinski definition) is 3. The number of nitrogens with one attached hydrogen (secondary N) is 3. The number of furan rings is 1. The molecule has 0 saturated heterocycles. The minimum atomic E-state index is -3.86. The van der Waals surface area contributed by atoms with Crippen LogP contribution >= 0.6 is 0 Å². The zero-order chi connectivity index (χ0) is 23.7. The summed E-state index contributed by atoms with van der Waals surface area (Å²) in [4.78, 5) is 39.7. The zero-order valence-corrected chi connectivity index (χ0v) is 18.5. The maximum atomic E-state index is 12.7. The van der Waals surface area contributed by atoms with Gasteiger partial charge in [-0.2, -0.15) is 0 Å². The van der Waals surface area contributed by atoms with Gasteiger partial charge < -0.3 is 19.8 Å². The van der Waals surface area contributed by atoms with E-state index in [9.17, 15) is 22.8 Å². The predicted octanol–water partition coefficient (Wildman–Crippen LogP) is 1.44. The maximum Gasteiger partial charge on any atom is 0.325 e. The van der Waals surface area contributed by atoms with Gasteiger partial charge in [0.25, 0.3) is 21.8 Å².